The van der Waals surface area contributed by atoms with E-state index in [1.54, 1.807) is 18.3 Å². The monoisotopic (exact) mass is 538 g/mol. The van der Waals surface area contributed by atoms with Crippen LogP contribution in [0.2, 0.25) is 0 Å². The Bertz CT molecular complexity index is 1520. The predicted molar refractivity (Wildman–Crippen MR) is 157 cm³/mol. The second-order valence-electron chi connectivity index (χ2n) is 9.21. The number of benzene rings is 3. The Balaban J connectivity index is 0.000000201. The van der Waals surface area contributed by atoms with Crippen molar-refractivity contribution in [2.45, 2.75) is 32.3 Å². The fourth-order valence-electron chi connectivity index (χ4n) is 4.20. The Labute approximate surface area is 233 Å². The van der Waals surface area contributed by atoms with Crippen LogP contribution in [0.25, 0.3) is 11.4 Å². The summed E-state index contributed by atoms with van der Waals surface area (Å²) in [5.41, 5.74) is 2.38. The van der Waals surface area contributed by atoms with Gasteiger partial charge in [-0.25, -0.2) is 14.3 Å². The highest BCUT2D eigenvalue weighted by Gasteiger charge is 2.21. The first-order valence-corrected chi connectivity index (χ1v) is 13.3. The van der Waals surface area contributed by atoms with E-state index >= 15 is 0 Å². The fraction of sp³-hybridized carbons (Fsp3) is 0.188. The molecule has 1 atom stereocenters. The first-order valence-electron chi connectivity index (χ1n) is 13.3. The molecule has 0 aliphatic carbocycles. The van der Waals surface area contributed by atoms with Crippen LogP contribution in [-0.2, 0) is 6.42 Å². The van der Waals surface area contributed by atoms with Crippen molar-refractivity contribution in [2.75, 3.05) is 11.9 Å². The number of hydrogen-bond acceptors (Lipinski definition) is 6. The molecule has 8 nitrogen and oxygen atoms in total. The summed E-state index contributed by atoms with van der Waals surface area (Å²) in [6.07, 6.45) is 3.51. The molecule has 0 bridgehead atoms. The van der Waals surface area contributed by atoms with Gasteiger partial charge in [-0.1, -0.05) is 67.9 Å². The zero-order valence-electron chi connectivity index (χ0n) is 22.4. The molecule has 0 aliphatic heterocycles. The maximum absolute atomic E-state index is 12.9. The molecule has 1 unspecified atom stereocenters. The number of nitrogens with zero attached hydrogens (tertiary/aromatic N) is 3. The van der Waals surface area contributed by atoms with E-state index in [4.69, 9.17) is 0 Å². The summed E-state index contributed by atoms with van der Waals surface area (Å²) < 4.78 is 2.95. The Morgan fingerprint density at radius 3 is 2.05 bits per heavy atom. The van der Waals surface area contributed by atoms with Crippen molar-refractivity contribution >= 4 is 5.82 Å². The summed E-state index contributed by atoms with van der Waals surface area (Å²) in [5.74, 6) is 0.852. The fourth-order valence-corrected chi connectivity index (χ4v) is 4.20. The summed E-state index contributed by atoms with van der Waals surface area (Å²) in [4.78, 5) is 17.0. The molecule has 40 heavy (non-hydrogen) atoms. The average molecular weight is 539 g/mol. The molecule has 0 spiro atoms. The van der Waals surface area contributed by atoms with Gasteiger partial charge in [0.05, 0.1) is 23.0 Å². The molecule has 206 valence electrons. The molecule has 0 radical (unpaired) electrons. The van der Waals surface area contributed by atoms with Crippen molar-refractivity contribution < 1.29 is 15.3 Å². The quantitative estimate of drug-likeness (QED) is 0.194. The van der Waals surface area contributed by atoms with Gasteiger partial charge in [-0.3, -0.25) is 4.79 Å². The van der Waals surface area contributed by atoms with Crippen LogP contribution in [0.15, 0.2) is 114 Å². The predicted octanol–water partition coefficient (Wildman–Crippen LogP) is 5.61. The number of anilines is 1. The van der Waals surface area contributed by atoms with Gasteiger partial charge in [0, 0.05) is 12.7 Å². The number of para-hydroxylation sites is 1. The number of aliphatic hydroxyl groups is 1. The maximum Gasteiger partial charge on any atom is 0.278 e. The molecule has 5 aromatic rings. The van der Waals surface area contributed by atoms with E-state index in [0.29, 0.717) is 29.9 Å². The molecular weight excluding hydrogens is 504 g/mol. The van der Waals surface area contributed by atoms with E-state index in [1.165, 1.54) is 21.5 Å². The van der Waals surface area contributed by atoms with Crippen molar-refractivity contribution in [3.05, 3.63) is 131 Å². The summed E-state index contributed by atoms with van der Waals surface area (Å²) in [6, 6.07) is 30.8. The molecule has 0 aliphatic rings. The summed E-state index contributed by atoms with van der Waals surface area (Å²) >= 11 is 0. The molecule has 5 rings (SSSR count). The lowest BCUT2D eigenvalue weighted by Crippen LogP contribution is -2.21. The standard InChI is InChI=1S/C19H20N2O3.C13H14N2O/c1-2-3-9-17-18(23)20(14-7-5-4-6-8-14)21(19(17)24)15-10-12-16(22)13-11-15;16-12(11-6-2-1-3-7-11)10-15-13-8-4-5-9-14-13/h4-8,10-13,22,24H,2-3,9H2,1H3;1-9,12,16H,10H2,(H,14,15). The highest BCUT2D eigenvalue weighted by Crippen LogP contribution is 2.25. The summed E-state index contributed by atoms with van der Waals surface area (Å²) in [6.45, 7) is 2.50. The molecule has 0 amide bonds. The van der Waals surface area contributed by atoms with Crippen molar-refractivity contribution in [3.63, 3.8) is 0 Å². The van der Waals surface area contributed by atoms with E-state index in [1.807, 2.05) is 85.8 Å². The topological polar surface area (TPSA) is 113 Å². The number of aromatic hydroxyl groups is 2. The van der Waals surface area contributed by atoms with E-state index in [2.05, 4.69) is 10.3 Å². The SMILES string of the molecule is CCCCc1c(O)n(-c2ccc(O)cc2)n(-c2ccccc2)c1=O.OC(CNc1ccccn1)c1ccccc1. The molecule has 4 N–H and O–H groups in total. The van der Waals surface area contributed by atoms with Gasteiger partial charge in [0.15, 0.2) is 0 Å². The Morgan fingerprint density at radius 1 is 0.800 bits per heavy atom. The Kier molecular flexibility index (Phi) is 9.74. The van der Waals surface area contributed by atoms with Gasteiger partial charge in [-0.05, 0) is 66.9 Å². The molecule has 0 fully saturated rings. The highest BCUT2D eigenvalue weighted by atomic mass is 16.3. The lowest BCUT2D eigenvalue weighted by molar-refractivity contribution is 0.191. The Morgan fingerprint density at radius 2 is 1.43 bits per heavy atom. The second kappa shape index (κ2) is 13.8. The molecular formula is C32H34N4O4. The van der Waals surface area contributed by atoms with Crippen LogP contribution in [0, 0.1) is 0 Å². The van der Waals surface area contributed by atoms with E-state index in [9.17, 15) is 20.1 Å². The van der Waals surface area contributed by atoms with Crippen LogP contribution >= 0.6 is 0 Å². The minimum Gasteiger partial charge on any atom is -0.508 e. The third-order valence-corrected chi connectivity index (χ3v) is 6.32. The lowest BCUT2D eigenvalue weighted by Gasteiger charge is -2.12. The zero-order chi connectivity index (χ0) is 28.3. The van der Waals surface area contributed by atoms with Crippen LogP contribution in [0.5, 0.6) is 11.6 Å². The number of nitrogens with one attached hydrogen (secondary N) is 1. The van der Waals surface area contributed by atoms with Gasteiger partial charge in [-0.15, -0.1) is 0 Å². The number of phenolic OH excluding ortho intramolecular Hbond substituents is 1. The van der Waals surface area contributed by atoms with Crippen molar-refractivity contribution in [3.8, 4) is 23.0 Å². The van der Waals surface area contributed by atoms with Crippen LogP contribution in [0.4, 0.5) is 5.82 Å². The maximum atomic E-state index is 12.9. The van der Waals surface area contributed by atoms with Crippen molar-refractivity contribution in [1.82, 2.24) is 14.3 Å². The number of unbranched alkanes of at least 4 members (excludes halogenated alkanes) is 1. The number of pyridine rings is 1. The van der Waals surface area contributed by atoms with E-state index in [0.717, 1.165) is 24.2 Å². The van der Waals surface area contributed by atoms with Gasteiger partial charge in [-0.2, -0.15) is 0 Å². The van der Waals surface area contributed by atoms with Gasteiger partial charge >= 0.3 is 0 Å². The number of phenols is 1. The average Bonchev–Trinajstić information content (AvgIpc) is 3.25. The first-order chi connectivity index (χ1) is 19.5. The number of aliphatic hydroxyl groups excluding tert-OH is 1. The van der Waals surface area contributed by atoms with Gasteiger partial charge in [0.2, 0.25) is 5.88 Å². The van der Waals surface area contributed by atoms with Crippen LogP contribution in [-0.4, -0.2) is 36.2 Å². The molecule has 2 heterocycles. The molecule has 0 saturated heterocycles. The van der Waals surface area contributed by atoms with Crippen molar-refractivity contribution in [1.29, 1.82) is 0 Å². The third-order valence-electron chi connectivity index (χ3n) is 6.32. The van der Waals surface area contributed by atoms with Crippen LogP contribution in [0.3, 0.4) is 0 Å². The molecule has 0 saturated carbocycles. The van der Waals surface area contributed by atoms with Gasteiger partial charge in [0.25, 0.3) is 5.56 Å². The molecule has 8 heteroatoms. The molecule has 3 aromatic carbocycles. The Hall–Kier alpha value is -4.82. The largest absolute Gasteiger partial charge is 0.508 e. The number of hydrogen-bond donors (Lipinski definition) is 4. The van der Waals surface area contributed by atoms with Crippen molar-refractivity contribution in [2.24, 2.45) is 0 Å². The first kappa shape index (κ1) is 28.2. The van der Waals surface area contributed by atoms with E-state index < -0.39 is 6.10 Å². The normalized spacial score (nSPS) is 11.3. The zero-order valence-corrected chi connectivity index (χ0v) is 22.4. The smallest absolute Gasteiger partial charge is 0.278 e. The third kappa shape index (κ3) is 6.98. The number of aromatic nitrogens is 3. The van der Waals surface area contributed by atoms with E-state index in [-0.39, 0.29) is 17.2 Å². The summed E-state index contributed by atoms with van der Waals surface area (Å²) in [5, 5.41) is 33.1. The molecule has 2 aromatic heterocycles. The second-order valence-corrected chi connectivity index (χ2v) is 9.21. The minimum atomic E-state index is -0.511. The van der Waals surface area contributed by atoms with Crippen LogP contribution in [0.1, 0.15) is 37.0 Å². The lowest BCUT2D eigenvalue weighted by atomic mass is 10.1. The highest BCUT2D eigenvalue weighted by molar-refractivity contribution is 5.45. The van der Waals surface area contributed by atoms with Gasteiger partial charge in [0.1, 0.15) is 11.6 Å². The van der Waals surface area contributed by atoms with Gasteiger partial charge < -0.3 is 20.6 Å². The van der Waals surface area contributed by atoms with Crippen LogP contribution < -0.4 is 10.9 Å². The summed E-state index contributed by atoms with van der Waals surface area (Å²) in [7, 11) is 0. The number of rotatable bonds is 9. The minimum absolute atomic E-state index is 0.0528.